The second kappa shape index (κ2) is 7.11. The molecule has 2 heterocycles. The molecule has 8 nitrogen and oxygen atoms in total. The molecule has 1 saturated heterocycles. The van der Waals surface area contributed by atoms with E-state index in [0.717, 1.165) is 12.3 Å². The summed E-state index contributed by atoms with van der Waals surface area (Å²) in [5.74, 6) is -2.13. The van der Waals surface area contributed by atoms with Gasteiger partial charge in [-0.1, -0.05) is 5.16 Å². The highest BCUT2D eigenvalue weighted by Gasteiger charge is 2.41. The van der Waals surface area contributed by atoms with Crippen LogP contribution in [0.25, 0.3) is 10.9 Å². The molecule has 0 radical (unpaired) electrons. The quantitative estimate of drug-likeness (QED) is 0.706. The molecule has 10 heteroatoms. The molecule has 2 aliphatic rings. The van der Waals surface area contributed by atoms with Crippen molar-refractivity contribution in [1.82, 2.24) is 4.57 Å². The number of nitrogens with two attached hydrogens (primary N) is 1. The first-order valence-corrected chi connectivity index (χ1v) is 9.28. The number of hydrogen-bond donors (Lipinski definition) is 2. The van der Waals surface area contributed by atoms with Crippen LogP contribution in [0, 0.1) is 5.82 Å². The standard InChI is InChI=1S/C19H20F2N4O4/c1-2-29-23-13-8-25(17(13)6-22)16-5-14-9(3-11(16)20)18(26)10(19(27)28)7-24(14)15-4-12(15)21/h3,5,7,12,15,17H,2,4,6,8,22H2,1H3,(H,27,28)/b23-13-/t12-,15+,17-/m0/s1. The minimum atomic E-state index is -1.44. The maximum atomic E-state index is 14.9. The van der Waals surface area contributed by atoms with Crippen molar-refractivity contribution in [1.29, 1.82) is 0 Å². The topological polar surface area (TPSA) is 110 Å². The van der Waals surface area contributed by atoms with Gasteiger partial charge in [0, 0.05) is 24.5 Å². The fraction of sp³-hybridized carbons (Fsp3) is 0.421. The number of hydrogen-bond acceptors (Lipinski definition) is 6. The fourth-order valence-corrected chi connectivity index (χ4v) is 3.66. The van der Waals surface area contributed by atoms with E-state index >= 15 is 0 Å². The molecule has 0 amide bonds. The zero-order valence-electron chi connectivity index (χ0n) is 15.6. The molecule has 4 rings (SSSR count). The van der Waals surface area contributed by atoms with Crippen LogP contribution in [0.4, 0.5) is 14.5 Å². The lowest BCUT2D eigenvalue weighted by Crippen LogP contribution is -2.61. The summed E-state index contributed by atoms with van der Waals surface area (Å²) < 4.78 is 30.1. The van der Waals surface area contributed by atoms with Gasteiger partial charge in [-0.15, -0.1) is 0 Å². The number of carboxylic acid groups (broad SMARTS) is 1. The molecule has 0 bridgehead atoms. The highest BCUT2D eigenvalue weighted by molar-refractivity contribution is 6.04. The van der Waals surface area contributed by atoms with Crippen molar-refractivity contribution < 1.29 is 23.5 Å². The van der Waals surface area contributed by atoms with E-state index in [2.05, 4.69) is 5.16 Å². The second-order valence-corrected chi connectivity index (χ2v) is 7.10. The molecule has 1 saturated carbocycles. The van der Waals surface area contributed by atoms with Crippen molar-refractivity contribution in [2.45, 2.75) is 31.6 Å². The number of halogens is 2. The number of nitrogens with zero attached hydrogens (tertiary/aromatic N) is 3. The van der Waals surface area contributed by atoms with E-state index in [1.807, 2.05) is 0 Å². The minimum Gasteiger partial charge on any atom is -0.477 e. The monoisotopic (exact) mass is 406 g/mol. The lowest BCUT2D eigenvalue weighted by Gasteiger charge is -2.43. The molecule has 1 aromatic carbocycles. The lowest BCUT2D eigenvalue weighted by molar-refractivity contribution is 0.0694. The number of fused-ring (bicyclic) bond motifs is 1. The maximum Gasteiger partial charge on any atom is 0.341 e. The van der Waals surface area contributed by atoms with E-state index < -0.39 is 35.0 Å². The first-order chi connectivity index (χ1) is 13.9. The Morgan fingerprint density at radius 2 is 2.17 bits per heavy atom. The molecule has 1 aliphatic heterocycles. The Morgan fingerprint density at radius 1 is 1.45 bits per heavy atom. The van der Waals surface area contributed by atoms with Crippen molar-refractivity contribution in [2.75, 3.05) is 24.6 Å². The molecule has 0 spiro atoms. The van der Waals surface area contributed by atoms with Crippen LogP contribution < -0.4 is 16.1 Å². The third-order valence-electron chi connectivity index (χ3n) is 5.31. The summed E-state index contributed by atoms with van der Waals surface area (Å²) in [5, 5.41) is 13.2. The minimum absolute atomic E-state index is 0.0988. The van der Waals surface area contributed by atoms with Gasteiger partial charge in [0.15, 0.2) is 0 Å². The van der Waals surface area contributed by atoms with Crippen LogP contribution in [0.2, 0.25) is 0 Å². The van der Waals surface area contributed by atoms with Gasteiger partial charge in [-0.2, -0.15) is 0 Å². The number of benzene rings is 1. The van der Waals surface area contributed by atoms with Gasteiger partial charge < -0.3 is 25.1 Å². The predicted molar refractivity (Wildman–Crippen MR) is 103 cm³/mol. The molecule has 1 aliphatic carbocycles. The third kappa shape index (κ3) is 3.13. The average molecular weight is 406 g/mol. The lowest BCUT2D eigenvalue weighted by atomic mass is 9.98. The van der Waals surface area contributed by atoms with Crippen molar-refractivity contribution in [3.8, 4) is 0 Å². The summed E-state index contributed by atoms with van der Waals surface area (Å²) in [4.78, 5) is 30.7. The van der Waals surface area contributed by atoms with Crippen LogP contribution in [0.3, 0.4) is 0 Å². The number of carboxylic acids is 1. The Bertz CT molecular complexity index is 1080. The van der Waals surface area contributed by atoms with E-state index in [4.69, 9.17) is 10.6 Å². The number of aromatic carboxylic acids is 1. The summed E-state index contributed by atoms with van der Waals surface area (Å²) in [6, 6.07) is 1.52. The normalized spacial score (nSPS) is 24.6. The zero-order valence-corrected chi connectivity index (χ0v) is 15.6. The molecule has 2 fully saturated rings. The Morgan fingerprint density at radius 3 is 2.76 bits per heavy atom. The second-order valence-electron chi connectivity index (χ2n) is 7.10. The third-order valence-corrected chi connectivity index (χ3v) is 5.31. The molecule has 154 valence electrons. The van der Waals surface area contributed by atoms with Crippen molar-refractivity contribution >= 4 is 28.3 Å². The Labute approximate surface area is 164 Å². The number of rotatable bonds is 6. The first-order valence-electron chi connectivity index (χ1n) is 9.28. The highest BCUT2D eigenvalue weighted by Crippen LogP contribution is 2.41. The van der Waals surface area contributed by atoms with Crippen LogP contribution in [0.5, 0.6) is 0 Å². The van der Waals surface area contributed by atoms with Crippen LogP contribution >= 0.6 is 0 Å². The van der Waals surface area contributed by atoms with Gasteiger partial charge in [0.1, 0.15) is 29.9 Å². The molecule has 1 aromatic heterocycles. The molecule has 29 heavy (non-hydrogen) atoms. The molecular weight excluding hydrogens is 386 g/mol. The van der Waals surface area contributed by atoms with Gasteiger partial charge in [-0.05, 0) is 19.1 Å². The van der Waals surface area contributed by atoms with Crippen molar-refractivity contribution in [3.05, 3.63) is 39.9 Å². The first kappa shape index (κ1) is 19.3. The Hall–Kier alpha value is -3.01. The maximum absolute atomic E-state index is 14.9. The SMILES string of the molecule is CCO/N=C1/CN(c2cc3c(cc2F)c(=O)c(C(=O)O)cn3[C@@H]2C[C@@H]2F)[C@H]1CN. The number of alkyl halides is 1. The largest absolute Gasteiger partial charge is 0.477 e. The average Bonchev–Trinajstić information content (AvgIpc) is 3.38. The van der Waals surface area contributed by atoms with Gasteiger partial charge in [0.2, 0.25) is 5.43 Å². The van der Waals surface area contributed by atoms with E-state index in [-0.39, 0.29) is 35.6 Å². The number of carbonyl (C=O) groups is 1. The number of anilines is 1. The molecule has 3 atom stereocenters. The number of oxime groups is 1. The van der Waals surface area contributed by atoms with Crippen molar-refractivity contribution in [3.63, 3.8) is 0 Å². The van der Waals surface area contributed by atoms with Crippen LogP contribution in [0.15, 0.2) is 28.3 Å². The van der Waals surface area contributed by atoms with Gasteiger partial charge in [0.05, 0.1) is 29.8 Å². The van der Waals surface area contributed by atoms with Gasteiger partial charge in [-0.3, -0.25) is 4.79 Å². The zero-order chi connectivity index (χ0) is 20.9. The smallest absolute Gasteiger partial charge is 0.341 e. The van der Waals surface area contributed by atoms with E-state index in [0.29, 0.717) is 18.9 Å². The van der Waals surface area contributed by atoms with E-state index in [1.54, 1.807) is 11.8 Å². The molecule has 0 unspecified atom stereocenters. The Kier molecular flexibility index (Phi) is 4.73. The summed E-state index contributed by atoms with van der Waals surface area (Å²) in [6.45, 7) is 2.68. The number of pyridine rings is 1. The summed E-state index contributed by atoms with van der Waals surface area (Å²) in [6.07, 6.45) is 0.211. The summed E-state index contributed by atoms with van der Waals surface area (Å²) in [7, 11) is 0. The van der Waals surface area contributed by atoms with Gasteiger partial charge >= 0.3 is 5.97 Å². The predicted octanol–water partition coefficient (Wildman–Crippen LogP) is 1.66. The molecular formula is C19H20F2N4O4. The van der Waals surface area contributed by atoms with E-state index in [9.17, 15) is 23.5 Å². The van der Waals surface area contributed by atoms with Gasteiger partial charge in [0.25, 0.3) is 0 Å². The molecule has 3 N–H and O–H groups in total. The molecule has 2 aromatic rings. The number of aromatic nitrogens is 1. The van der Waals surface area contributed by atoms with Gasteiger partial charge in [-0.25, -0.2) is 13.6 Å². The van der Waals surface area contributed by atoms with Crippen LogP contribution in [0.1, 0.15) is 29.7 Å². The van der Waals surface area contributed by atoms with Crippen molar-refractivity contribution in [2.24, 2.45) is 10.9 Å². The summed E-state index contributed by atoms with van der Waals surface area (Å²) >= 11 is 0. The van der Waals surface area contributed by atoms with Crippen LogP contribution in [-0.4, -0.2) is 53.3 Å². The van der Waals surface area contributed by atoms with E-state index in [1.165, 1.54) is 10.6 Å². The summed E-state index contributed by atoms with van der Waals surface area (Å²) in [5.41, 5.74) is 5.64. The Balaban J connectivity index is 1.84. The van der Waals surface area contributed by atoms with Crippen LogP contribution in [-0.2, 0) is 4.84 Å². The highest BCUT2D eigenvalue weighted by atomic mass is 19.1. The fourth-order valence-electron chi connectivity index (χ4n) is 3.66.